The van der Waals surface area contributed by atoms with Gasteiger partial charge in [-0.05, 0) is 31.7 Å². The molecule has 1 aromatic heterocycles. The van der Waals surface area contributed by atoms with Gasteiger partial charge in [0, 0.05) is 0 Å². The molecule has 6 heteroatoms. The zero-order valence-corrected chi connectivity index (χ0v) is 13.1. The summed E-state index contributed by atoms with van der Waals surface area (Å²) in [5.41, 5.74) is 0.122. The highest BCUT2D eigenvalue weighted by Gasteiger charge is 2.20. The van der Waals surface area contributed by atoms with Crippen LogP contribution in [0.4, 0.5) is 0 Å². The van der Waals surface area contributed by atoms with E-state index in [4.69, 9.17) is 14.3 Å². The van der Waals surface area contributed by atoms with Crippen molar-refractivity contribution in [2.24, 2.45) is 5.92 Å². The summed E-state index contributed by atoms with van der Waals surface area (Å²) in [5, 5.41) is 11.6. The van der Waals surface area contributed by atoms with E-state index in [1.54, 1.807) is 6.92 Å². The number of carboxylic acid groups (broad SMARTS) is 1. The highest BCUT2D eigenvalue weighted by Crippen LogP contribution is 2.25. The Bertz CT molecular complexity index is 537. The molecule has 2 rings (SSSR count). The molecule has 0 saturated heterocycles. The van der Waals surface area contributed by atoms with Gasteiger partial charge in [-0.15, -0.1) is 0 Å². The maximum Gasteiger partial charge on any atom is 0.339 e. The summed E-state index contributed by atoms with van der Waals surface area (Å²) in [5.74, 6) is 0.166. The molecule has 0 bridgehead atoms. The number of aromatic carboxylic acids is 1. The molecule has 2 N–H and O–H groups in total. The number of carbonyl (C=O) groups is 2. The third kappa shape index (κ3) is 4.59. The Hall–Kier alpha value is -1.82. The van der Waals surface area contributed by atoms with Gasteiger partial charge >= 0.3 is 5.97 Å². The van der Waals surface area contributed by atoms with Gasteiger partial charge in [-0.25, -0.2) is 4.79 Å². The number of hydrogen-bond donors (Lipinski definition) is 2. The molecule has 0 aliphatic heterocycles. The molecule has 1 saturated carbocycles. The quantitative estimate of drug-likeness (QED) is 0.843. The number of nitrogens with one attached hydrogen (secondary N) is 1. The maximum absolute atomic E-state index is 11.8. The van der Waals surface area contributed by atoms with E-state index in [1.807, 2.05) is 0 Å². The van der Waals surface area contributed by atoms with Crippen molar-refractivity contribution in [2.45, 2.75) is 52.2 Å². The Kier molecular flexibility index (Phi) is 5.60. The molecular formula is C16H23NO5. The van der Waals surface area contributed by atoms with Crippen molar-refractivity contribution in [2.75, 3.05) is 6.61 Å². The van der Waals surface area contributed by atoms with Crippen molar-refractivity contribution < 1.29 is 23.8 Å². The molecule has 0 aromatic carbocycles. The van der Waals surface area contributed by atoms with E-state index >= 15 is 0 Å². The summed E-state index contributed by atoms with van der Waals surface area (Å²) < 4.78 is 10.9. The Morgan fingerprint density at radius 3 is 2.86 bits per heavy atom. The highest BCUT2D eigenvalue weighted by atomic mass is 16.5. The first-order valence-electron chi connectivity index (χ1n) is 7.66. The standard InChI is InChI=1S/C16H23NO5/c1-10-4-3-5-12(6-10)21-9-15(18)17-8-13-7-14(16(19)20)11(2)22-13/h7,10,12H,3-6,8-9H2,1-2H3,(H,17,18)(H,19,20)/t10-,12-/m1/s1. The molecule has 1 heterocycles. The molecule has 122 valence electrons. The van der Waals surface area contributed by atoms with E-state index in [-0.39, 0.29) is 30.7 Å². The predicted octanol–water partition coefficient (Wildman–Crippen LogP) is 2.50. The van der Waals surface area contributed by atoms with Crippen LogP contribution in [0.1, 0.15) is 54.5 Å². The van der Waals surface area contributed by atoms with E-state index in [1.165, 1.54) is 12.5 Å². The van der Waals surface area contributed by atoms with Gasteiger partial charge in [0.25, 0.3) is 0 Å². The summed E-state index contributed by atoms with van der Waals surface area (Å²) in [6.07, 6.45) is 4.57. The zero-order chi connectivity index (χ0) is 16.1. The first kappa shape index (κ1) is 16.5. The molecule has 1 amide bonds. The van der Waals surface area contributed by atoms with Gasteiger partial charge in [0.15, 0.2) is 0 Å². The molecule has 6 nitrogen and oxygen atoms in total. The summed E-state index contributed by atoms with van der Waals surface area (Å²) in [4.78, 5) is 22.7. The lowest BCUT2D eigenvalue weighted by Gasteiger charge is -2.26. The lowest BCUT2D eigenvalue weighted by molar-refractivity contribution is -0.129. The summed E-state index contributed by atoms with van der Waals surface area (Å²) in [6, 6.07) is 1.43. The Labute approximate surface area is 129 Å². The van der Waals surface area contributed by atoms with Crippen LogP contribution in [0, 0.1) is 12.8 Å². The fourth-order valence-corrected chi connectivity index (χ4v) is 2.80. The van der Waals surface area contributed by atoms with Gasteiger partial charge in [-0.1, -0.05) is 19.8 Å². The van der Waals surface area contributed by atoms with Gasteiger partial charge in [0.05, 0.1) is 12.6 Å². The van der Waals surface area contributed by atoms with Gasteiger partial charge < -0.3 is 19.6 Å². The van der Waals surface area contributed by atoms with E-state index in [0.29, 0.717) is 17.4 Å². The fraction of sp³-hybridized carbons (Fsp3) is 0.625. The van der Waals surface area contributed by atoms with Crippen molar-refractivity contribution in [3.63, 3.8) is 0 Å². The highest BCUT2D eigenvalue weighted by molar-refractivity contribution is 5.88. The third-order valence-corrected chi connectivity index (χ3v) is 4.00. The molecule has 1 aliphatic rings. The largest absolute Gasteiger partial charge is 0.478 e. The molecule has 0 radical (unpaired) electrons. The van der Waals surface area contributed by atoms with Gasteiger partial charge in [0.1, 0.15) is 23.7 Å². The van der Waals surface area contributed by atoms with E-state index < -0.39 is 5.97 Å². The lowest BCUT2D eigenvalue weighted by atomic mass is 9.89. The van der Waals surface area contributed by atoms with Crippen LogP contribution < -0.4 is 5.32 Å². The minimum absolute atomic E-state index is 0.0306. The molecule has 2 atom stereocenters. The monoisotopic (exact) mass is 309 g/mol. The maximum atomic E-state index is 11.8. The van der Waals surface area contributed by atoms with Crippen molar-refractivity contribution in [1.82, 2.24) is 5.32 Å². The normalized spacial score (nSPS) is 21.5. The molecule has 1 fully saturated rings. The van der Waals surface area contributed by atoms with E-state index in [9.17, 15) is 9.59 Å². The number of hydrogen-bond acceptors (Lipinski definition) is 4. The second kappa shape index (κ2) is 7.45. The lowest BCUT2D eigenvalue weighted by Crippen LogP contribution is -2.31. The topological polar surface area (TPSA) is 88.8 Å². The number of rotatable bonds is 6. The SMILES string of the molecule is Cc1oc(CNC(=O)CO[C@@H]2CCC[C@@H](C)C2)cc1C(=O)O. The average molecular weight is 309 g/mol. The van der Waals surface area contributed by atoms with E-state index in [0.717, 1.165) is 19.3 Å². The second-order valence-corrected chi connectivity index (χ2v) is 5.97. The van der Waals surface area contributed by atoms with Crippen LogP contribution in [0.3, 0.4) is 0 Å². The van der Waals surface area contributed by atoms with Crippen LogP contribution >= 0.6 is 0 Å². The fourth-order valence-electron chi connectivity index (χ4n) is 2.80. The average Bonchev–Trinajstić information content (AvgIpc) is 2.84. The van der Waals surface area contributed by atoms with Crippen molar-refractivity contribution in [1.29, 1.82) is 0 Å². The van der Waals surface area contributed by atoms with Gasteiger partial charge in [-0.2, -0.15) is 0 Å². The van der Waals surface area contributed by atoms with Crippen LogP contribution in [-0.4, -0.2) is 29.7 Å². The Balaban J connectivity index is 1.73. The number of aryl methyl sites for hydroxylation is 1. The van der Waals surface area contributed by atoms with E-state index in [2.05, 4.69) is 12.2 Å². The molecular weight excluding hydrogens is 286 g/mol. The number of furan rings is 1. The molecule has 0 spiro atoms. The molecule has 1 aromatic rings. The van der Waals surface area contributed by atoms with Crippen LogP contribution in [0.25, 0.3) is 0 Å². The first-order chi connectivity index (χ1) is 10.5. The summed E-state index contributed by atoms with van der Waals surface area (Å²) in [6.45, 7) is 3.98. The summed E-state index contributed by atoms with van der Waals surface area (Å²) in [7, 11) is 0. The number of ether oxygens (including phenoxy) is 1. The third-order valence-electron chi connectivity index (χ3n) is 4.00. The minimum Gasteiger partial charge on any atom is -0.478 e. The van der Waals surface area contributed by atoms with Crippen molar-refractivity contribution in [3.8, 4) is 0 Å². The number of carboxylic acids is 1. The number of carbonyl (C=O) groups excluding carboxylic acids is 1. The van der Waals surface area contributed by atoms with Crippen molar-refractivity contribution >= 4 is 11.9 Å². The second-order valence-electron chi connectivity index (χ2n) is 5.97. The van der Waals surface area contributed by atoms with Gasteiger partial charge in [-0.3, -0.25) is 4.79 Å². The zero-order valence-electron chi connectivity index (χ0n) is 13.1. The molecule has 1 aliphatic carbocycles. The molecule has 22 heavy (non-hydrogen) atoms. The van der Waals surface area contributed by atoms with Gasteiger partial charge in [0.2, 0.25) is 5.91 Å². The Morgan fingerprint density at radius 2 is 2.23 bits per heavy atom. The Morgan fingerprint density at radius 1 is 1.45 bits per heavy atom. The number of amides is 1. The predicted molar refractivity (Wildman–Crippen MR) is 79.6 cm³/mol. The molecule has 0 unspecified atom stereocenters. The van der Waals surface area contributed by atoms with Crippen LogP contribution in [0.5, 0.6) is 0 Å². The summed E-state index contributed by atoms with van der Waals surface area (Å²) >= 11 is 0. The van der Waals surface area contributed by atoms with Crippen molar-refractivity contribution in [3.05, 3.63) is 23.2 Å². The minimum atomic E-state index is -1.03. The van der Waals surface area contributed by atoms with Crippen LogP contribution in [0.15, 0.2) is 10.5 Å². The van der Waals surface area contributed by atoms with Crippen LogP contribution in [-0.2, 0) is 16.1 Å². The smallest absolute Gasteiger partial charge is 0.339 e. The first-order valence-corrected chi connectivity index (χ1v) is 7.66. The van der Waals surface area contributed by atoms with Crippen LogP contribution in [0.2, 0.25) is 0 Å².